The maximum atomic E-state index is 10.9. The van der Waals surface area contributed by atoms with Crippen LogP contribution in [0.2, 0.25) is 0 Å². The van der Waals surface area contributed by atoms with E-state index in [1.807, 2.05) is 6.20 Å². The molecule has 1 aliphatic heterocycles. The number of hydrazine groups is 1. The van der Waals surface area contributed by atoms with Crippen LogP contribution in [0.1, 0.15) is 25.7 Å². The third kappa shape index (κ3) is 1.16. The second-order valence-electron chi connectivity index (χ2n) is 3.30. The van der Waals surface area contributed by atoms with E-state index in [-0.39, 0.29) is 5.54 Å². The smallest absolute Gasteiger partial charge is 0.133 e. The van der Waals surface area contributed by atoms with E-state index < -0.39 is 0 Å². The van der Waals surface area contributed by atoms with E-state index >= 15 is 0 Å². The van der Waals surface area contributed by atoms with Crippen molar-refractivity contribution in [2.24, 2.45) is 0 Å². The lowest BCUT2D eigenvalue weighted by atomic mass is 9.82. The monoisotopic (exact) mass is 152 g/mol. The molecule has 3 heteroatoms. The second kappa shape index (κ2) is 2.34. The zero-order valence-corrected chi connectivity index (χ0v) is 6.39. The maximum absolute atomic E-state index is 10.9. The average molecular weight is 152 g/mol. The quantitative estimate of drug-likeness (QED) is 0.530. The number of ketones is 1. The van der Waals surface area contributed by atoms with Gasteiger partial charge in [-0.3, -0.25) is 4.79 Å². The molecule has 1 saturated carbocycles. The van der Waals surface area contributed by atoms with E-state index in [9.17, 15) is 4.79 Å². The van der Waals surface area contributed by atoms with Crippen molar-refractivity contribution in [3.05, 3.63) is 12.3 Å². The fraction of sp³-hybridized carbons (Fsp3) is 0.625. The van der Waals surface area contributed by atoms with Crippen molar-refractivity contribution in [3.63, 3.8) is 0 Å². The average Bonchev–Trinajstić information content (AvgIpc) is 2.45. The van der Waals surface area contributed by atoms with E-state index in [0.717, 1.165) is 25.7 Å². The lowest BCUT2D eigenvalue weighted by Crippen LogP contribution is -2.46. The summed E-state index contributed by atoms with van der Waals surface area (Å²) in [4.78, 5) is 10.9. The fourth-order valence-electron chi connectivity index (χ4n) is 1.69. The first-order valence-electron chi connectivity index (χ1n) is 4.03. The van der Waals surface area contributed by atoms with Gasteiger partial charge in [0.05, 0.1) is 5.54 Å². The van der Waals surface area contributed by atoms with Crippen LogP contribution in [0.5, 0.6) is 0 Å². The Hall–Kier alpha value is -0.830. The first-order valence-corrected chi connectivity index (χ1v) is 4.03. The number of nitrogens with one attached hydrogen (secondary N) is 2. The number of carbonyl (C=O) groups is 1. The predicted molar refractivity (Wildman–Crippen MR) is 41.6 cm³/mol. The van der Waals surface area contributed by atoms with Gasteiger partial charge in [0.15, 0.2) is 0 Å². The Morgan fingerprint density at radius 3 is 2.64 bits per heavy atom. The van der Waals surface area contributed by atoms with Crippen LogP contribution in [0, 0.1) is 0 Å². The molecule has 0 atom stereocenters. The second-order valence-corrected chi connectivity index (χ2v) is 3.30. The van der Waals surface area contributed by atoms with Gasteiger partial charge in [0, 0.05) is 19.0 Å². The third-order valence-electron chi connectivity index (χ3n) is 2.51. The van der Waals surface area contributed by atoms with Crippen LogP contribution < -0.4 is 10.9 Å². The fourth-order valence-corrected chi connectivity index (χ4v) is 1.69. The minimum atomic E-state index is 0.0912. The van der Waals surface area contributed by atoms with Crippen molar-refractivity contribution in [1.82, 2.24) is 10.9 Å². The molecule has 0 aromatic rings. The van der Waals surface area contributed by atoms with E-state index in [1.165, 1.54) is 0 Å². The zero-order chi connectivity index (χ0) is 7.73. The summed E-state index contributed by atoms with van der Waals surface area (Å²) in [5.41, 5.74) is 6.23. The molecule has 1 fully saturated rings. The molecule has 0 bridgehead atoms. The van der Waals surface area contributed by atoms with Gasteiger partial charge in [-0.05, 0) is 18.9 Å². The van der Waals surface area contributed by atoms with Crippen molar-refractivity contribution < 1.29 is 4.79 Å². The third-order valence-corrected chi connectivity index (χ3v) is 2.51. The molecule has 0 radical (unpaired) electrons. The van der Waals surface area contributed by atoms with Crippen molar-refractivity contribution in [2.45, 2.75) is 31.2 Å². The van der Waals surface area contributed by atoms with Crippen LogP contribution in [0.4, 0.5) is 0 Å². The molecule has 2 N–H and O–H groups in total. The summed E-state index contributed by atoms with van der Waals surface area (Å²) in [6.07, 6.45) is 7.36. The highest BCUT2D eigenvalue weighted by Gasteiger charge is 2.33. The minimum absolute atomic E-state index is 0.0912. The van der Waals surface area contributed by atoms with Crippen LogP contribution in [-0.2, 0) is 4.79 Å². The summed E-state index contributed by atoms with van der Waals surface area (Å²) >= 11 is 0. The van der Waals surface area contributed by atoms with Gasteiger partial charge in [0.25, 0.3) is 0 Å². The van der Waals surface area contributed by atoms with Gasteiger partial charge in [-0.25, -0.2) is 5.43 Å². The van der Waals surface area contributed by atoms with Gasteiger partial charge >= 0.3 is 0 Å². The number of carbonyl (C=O) groups excluding carboxylic acids is 1. The van der Waals surface area contributed by atoms with E-state index in [1.54, 1.807) is 0 Å². The number of Topliss-reactive ketones (excluding diaryl/α,β-unsaturated/α-hetero) is 1. The van der Waals surface area contributed by atoms with E-state index in [4.69, 9.17) is 0 Å². The Labute approximate surface area is 65.8 Å². The molecule has 0 amide bonds. The van der Waals surface area contributed by atoms with Crippen molar-refractivity contribution in [3.8, 4) is 0 Å². The highest BCUT2D eigenvalue weighted by molar-refractivity contribution is 5.79. The van der Waals surface area contributed by atoms with Crippen LogP contribution in [0.25, 0.3) is 0 Å². The maximum Gasteiger partial charge on any atom is 0.133 e. The molecule has 0 aromatic heterocycles. The van der Waals surface area contributed by atoms with Gasteiger partial charge < -0.3 is 5.43 Å². The Morgan fingerprint density at radius 1 is 1.36 bits per heavy atom. The Kier molecular flexibility index (Phi) is 1.46. The number of hydrogen-bond acceptors (Lipinski definition) is 3. The van der Waals surface area contributed by atoms with Crippen LogP contribution in [-0.4, -0.2) is 11.3 Å². The molecular formula is C8H12N2O. The molecule has 1 heterocycles. The SMILES string of the molecule is O=C1CCC2(C=CNN2)CC1. The van der Waals surface area contributed by atoms with Crippen molar-refractivity contribution in [1.29, 1.82) is 0 Å². The molecular weight excluding hydrogens is 140 g/mol. The van der Waals surface area contributed by atoms with Crippen LogP contribution in [0.3, 0.4) is 0 Å². The number of rotatable bonds is 0. The molecule has 2 aliphatic rings. The topological polar surface area (TPSA) is 41.1 Å². The van der Waals surface area contributed by atoms with Crippen LogP contribution in [0.15, 0.2) is 12.3 Å². The van der Waals surface area contributed by atoms with Crippen molar-refractivity contribution in [2.75, 3.05) is 0 Å². The first-order chi connectivity index (χ1) is 5.31. The largest absolute Gasteiger partial charge is 0.328 e. The first kappa shape index (κ1) is 6.85. The molecule has 60 valence electrons. The molecule has 1 spiro atoms. The van der Waals surface area contributed by atoms with Gasteiger partial charge in [0.1, 0.15) is 5.78 Å². The molecule has 3 nitrogen and oxygen atoms in total. The van der Waals surface area contributed by atoms with Crippen LogP contribution >= 0.6 is 0 Å². The molecule has 0 unspecified atom stereocenters. The summed E-state index contributed by atoms with van der Waals surface area (Å²) in [5, 5.41) is 0. The van der Waals surface area contributed by atoms with Crippen molar-refractivity contribution >= 4 is 5.78 Å². The molecule has 1 aliphatic carbocycles. The summed E-state index contributed by atoms with van der Waals surface area (Å²) in [6.45, 7) is 0. The van der Waals surface area contributed by atoms with Gasteiger partial charge in [-0.1, -0.05) is 0 Å². The normalized spacial score (nSPS) is 27.5. The zero-order valence-electron chi connectivity index (χ0n) is 6.39. The Bertz CT molecular complexity index is 200. The van der Waals surface area contributed by atoms with Gasteiger partial charge in [-0.2, -0.15) is 0 Å². The minimum Gasteiger partial charge on any atom is -0.328 e. The highest BCUT2D eigenvalue weighted by atomic mass is 16.1. The lowest BCUT2D eigenvalue weighted by molar-refractivity contribution is -0.121. The summed E-state index contributed by atoms with van der Waals surface area (Å²) in [5.74, 6) is 0.401. The van der Waals surface area contributed by atoms with Gasteiger partial charge in [0.2, 0.25) is 0 Å². The Balaban J connectivity index is 2.05. The molecule has 0 aromatic carbocycles. The molecule has 0 saturated heterocycles. The lowest BCUT2D eigenvalue weighted by Gasteiger charge is -2.30. The standard InChI is InChI=1S/C8H12N2O/c11-7-1-3-8(4-2-7)5-6-9-10-8/h5-6,9-10H,1-4H2. The highest BCUT2D eigenvalue weighted by Crippen LogP contribution is 2.28. The summed E-state index contributed by atoms with van der Waals surface area (Å²) in [6, 6.07) is 0. The summed E-state index contributed by atoms with van der Waals surface area (Å²) in [7, 11) is 0. The number of hydrogen-bond donors (Lipinski definition) is 2. The van der Waals surface area contributed by atoms with E-state index in [2.05, 4.69) is 16.9 Å². The van der Waals surface area contributed by atoms with Gasteiger partial charge in [-0.15, -0.1) is 0 Å². The molecule has 11 heavy (non-hydrogen) atoms. The Morgan fingerprint density at radius 2 is 2.09 bits per heavy atom. The summed E-state index contributed by atoms with van der Waals surface area (Å²) < 4.78 is 0. The molecule has 2 rings (SSSR count). The van der Waals surface area contributed by atoms with E-state index in [0.29, 0.717) is 5.78 Å². The predicted octanol–water partition coefficient (Wildman–Crippen LogP) is 0.490.